The number of nitrogens with one attached hydrogen (secondary N) is 2. The van der Waals surface area contributed by atoms with Crippen LogP contribution in [0.15, 0.2) is 11.3 Å². The Kier molecular flexibility index (Phi) is 6.61. The quantitative estimate of drug-likeness (QED) is 0.565. The summed E-state index contributed by atoms with van der Waals surface area (Å²) in [6, 6.07) is 0. The smallest absolute Gasteiger partial charge is 0.191 e. The van der Waals surface area contributed by atoms with Crippen molar-refractivity contribution in [3.8, 4) is 0 Å². The van der Waals surface area contributed by atoms with Crippen molar-refractivity contribution in [1.29, 1.82) is 0 Å². The Labute approximate surface area is 127 Å². The highest BCUT2D eigenvalue weighted by atomic mass is 15.3. The fraction of sp³-hybridized carbons (Fsp3) is 0.786. The molecular weight excluding hydrogens is 266 g/mol. The van der Waals surface area contributed by atoms with E-state index in [4.69, 9.17) is 0 Å². The molecule has 7 nitrogen and oxygen atoms in total. The van der Waals surface area contributed by atoms with Crippen LogP contribution in [0.3, 0.4) is 0 Å². The third-order valence-electron chi connectivity index (χ3n) is 3.01. The summed E-state index contributed by atoms with van der Waals surface area (Å²) < 4.78 is 1.74. The zero-order valence-corrected chi connectivity index (χ0v) is 14.1. The molecule has 1 heterocycles. The van der Waals surface area contributed by atoms with Gasteiger partial charge in [-0.3, -0.25) is 4.68 Å². The van der Waals surface area contributed by atoms with Crippen LogP contribution >= 0.6 is 0 Å². The summed E-state index contributed by atoms with van der Waals surface area (Å²) in [6.45, 7) is 9.76. The molecule has 1 rings (SSSR count). The van der Waals surface area contributed by atoms with Crippen LogP contribution in [0.5, 0.6) is 0 Å². The summed E-state index contributed by atoms with van der Waals surface area (Å²) in [5.41, 5.74) is 0.171. The monoisotopic (exact) mass is 295 g/mol. The number of hydrogen-bond acceptors (Lipinski definition) is 4. The van der Waals surface area contributed by atoms with Crippen molar-refractivity contribution in [1.82, 2.24) is 30.3 Å². The Morgan fingerprint density at radius 3 is 2.62 bits per heavy atom. The van der Waals surface area contributed by atoms with Crippen molar-refractivity contribution >= 4 is 5.96 Å². The summed E-state index contributed by atoms with van der Waals surface area (Å²) in [5, 5.41) is 10.7. The Morgan fingerprint density at radius 1 is 1.38 bits per heavy atom. The number of aliphatic imine (C=N–C) groups is 1. The van der Waals surface area contributed by atoms with E-state index in [0.29, 0.717) is 6.54 Å². The van der Waals surface area contributed by atoms with Crippen molar-refractivity contribution in [3.05, 3.63) is 12.2 Å². The maximum Gasteiger partial charge on any atom is 0.191 e. The van der Waals surface area contributed by atoms with Crippen LogP contribution in [0, 0.1) is 5.41 Å². The highest BCUT2D eigenvalue weighted by Gasteiger charge is 2.19. The number of rotatable bonds is 7. The number of aryl methyl sites for hydroxylation is 1. The summed E-state index contributed by atoms with van der Waals surface area (Å²) >= 11 is 0. The first-order chi connectivity index (χ1) is 9.84. The lowest BCUT2D eigenvalue weighted by Gasteiger charge is -2.29. The van der Waals surface area contributed by atoms with Gasteiger partial charge in [0.15, 0.2) is 5.96 Å². The summed E-state index contributed by atoms with van der Waals surface area (Å²) in [6.07, 6.45) is 1.55. The van der Waals surface area contributed by atoms with Crippen LogP contribution in [0.4, 0.5) is 0 Å². The van der Waals surface area contributed by atoms with Gasteiger partial charge in [0.1, 0.15) is 18.7 Å². The molecule has 0 aliphatic heterocycles. The first-order valence-electron chi connectivity index (χ1n) is 7.34. The van der Waals surface area contributed by atoms with Crippen LogP contribution in [0.2, 0.25) is 0 Å². The first kappa shape index (κ1) is 17.4. The molecule has 0 radical (unpaired) electrons. The van der Waals surface area contributed by atoms with Crippen molar-refractivity contribution in [2.45, 2.75) is 27.3 Å². The Balaban J connectivity index is 2.59. The molecule has 0 fully saturated rings. The van der Waals surface area contributed by atoms with Crippen molar-refractivity contribution in [2.75, 3.05) is 33.7 Å². The molecule has 0 amide bonds. The van der Waals surface area contributed by atoms with E-state index in [-0.39, 0.29) is 5.41 Å². The molecule has 1 aromatic rings. The molecule has 7 heteroatoms. The summed E-state index contributed by atoms with van der Waals surface area (Å²) in [4.78, 5) is 10.9. The van der Waals surface area contributed by atoms with E-state index in [2.05, 4.69) is 65.5 Å². The van der Waals surface area contributed by atoms with Gasteiger partial charge in [0.2, 0.25) is 0 Å². The van der Waals surface area contributed by atoms with Crippen LogP contribution in [0.25, 0.3) is 0 Å². The second-order valence-electron chi connectivity index (χ2n) is 6.25. The second kappa shape index (κ2) is 7.97. The van der Waals surface area contributed by atoms with E-state index in [1.165, 1.54) is 0 Å². The lowest BCUT2D eigenvalue weighted by molar-refractivity contribution is 0.241. The minimum absolute atomic E-state index is 0.171. The fourth-order valence-corrected chi connectivity index (χ4v) is 2.19. The fourth-order valence-electron chi connectivity index (χ4n) is 2.19. The van der Waals surface area contributed by atoms with Crippen molar-refractivity contribution in [3.63, 3.8) is 0 Å². The van der Waals surface area contributed by atoms with Gasteiger partial charge in [-0.25, -0.2) is 9.98 Å². The second-order valence-corrected chi connectivity index (χ2v) is 6.25. The third kappa shape index (κ3) is 6.57. The molecule has 0 bridgehead atoms. The van der Waals surface area contributed by atoms with Gasteiger partial charge in [0, 0.05) is 26.7 Å². The molecule has 1 aromatic heterocycles. The Morgan fingerprint density at radius 2 is 2.10 bits per heavy atom. The van der Waals surface area contributed by atoms with E-state index in [1.54, 1.807) is 11.0 Å². The Hall–Kier alpha value is -1.63. The SMILES string of the molecule is CCNC(=NCc1ncnn1C)NCC(C)(C)CN(C)C. The summed E-state index contributed by atoms with van der Waals surface area (Å²) in [7, 11) is 6.06. The average Bonchev–Trinajstić information content (AvgIpc) is 2.77. The maximum atomic E-state index is 4.56. The predicted molar refractivity (Wildman–Crippen MR) is 86.2 cm³/mol. The van der Waals surface area contributed by atoms with E-state index in [1.807, 2.05) is 7.05 Å². The van der Waals surface area contributed by atoms with Gasteiger partial charge in [0.25, 0.3) is 0 Å². The zero-order chi connectivity index (χ0) is 15.9. The average molecular weight is 295 g/mol. The molecule has 21 heavy (non-hydrogen) atoms. The standard InChI is InChI=1S/C14H29N7/c1-7-15-13(16-8-12-18-11-19-21(12)6)17-9-14(2,3)10-20(4)5/h11H,7-10H2,1-6H3,(H2,15,16,17). The van der Waals surface area contributed by atoms with Gasteiger partial charge >= 0.3 is 0 Å². The molecule has 0 saturated carbocycles. The molecule has 0 unspecified atom stereocenters. The lowest BCUT2D eigenvalue weighted by Crippen LogP contribution is -2.44. The first-order valence-corrected chi connectivity index (χ1v) is 7.34. The molecule has 0 aliphatic carbocycles. The van der Waals surface area contributed by atoms with Crippen molar-refractivity contribution < 1.29 is 0 Å². The van der Waals surface area contributed by atoms with Crippen LogP contribution in [-0.2, 0) is 13.6 Å². The topological polar surface area (TPSA) is 70.4 Å². The molecule has 2 N–H and O–H groups in total. The van der Waals surface area contributed by atoms with Crippen molar-refractivity contribution in [2.24, 2.45) is 17.5 Å². The summed E-state index contributed by atoms with van der Waals surface area (Å²) in [5.74, 6) is 1.66. The van der Waals surface area contributed by atoms with Gasteiger partial charge in [-0.2, -0.15) is 5.10 Å². The molecule has 0 aliphatic rings. The van der Waals surface area contributed by atoms with Gasteiger partial charge in [-0.1, -0.05) is 13.8 Å². The van der Waals surface area contributed by atoms with Crippen LogP contribution in [0.1, 0.15) is 26.6 Å². The largest absolute Gasteiger partial charge is 0.357 e. The molecule has 120 valence electrons. The van der Waals surface area contributed by atoms with Crippen LogP contribution in [-0.4, -0.2) is 59.4 Å². The zero-order valence-electron chi connectivity index (χ0n) is 14.1. The molecular formula is C14H29N7. The van der Waals surface area contributed by atoms with E-state index in [9.17, 15) is 0 Å². The number of nitrogens with zero attached hydrogens (tertiary/aromatic N) is 5. The van der Waals surface area contributed by atoms with E-state index >= 15 is 0 Å². The minimum Gasteiger partial charge on any atom is -0.357 e. The van der Waals surface area contributed by atoms with E-state index in [0.717, 1.165) is 31.4 Å². The third-order valence-corrected chi connectivity index (χ3v) is 3.01. The number of hydrogen-bond donors (Lipinski definition) is 2. The highest BCUT2D eigenvalue weighted by molar-refractivity contribution is 5.79. The van der Waals surface area contributed by atoms with Gasteiger partial charge in [-0.05, 0) is 26.4 Å². The Bertz CT molecular complexity index is 448. The molecule has 0 aromatic carbocycles. The normalized spacial score (nSPS) is 12.8. The van der Waals surface area contributed by atoms with Gasteiger partial charge < -0.3 is 15.5 Å². The lowest BCUT2D eigenvalue weighted by atomic mass is 9.93. The van der Waals surface area contributed by atoms with Gasteiger partial charge in [-0.15, -0.1) is 0 Å². The van der Waals surface area contributed by atoms with Crippen LogP contribution < -0.4 is 10.6 Å². The molecule has 0 spiro atoms. The highest BCUT2D eigenvalue weighted by Crippen LogP contribution is 2.13. The van der Waals surface area contributed by atoms with Gasteiger partial charge in [0.05, 0.1) is 0 Å². The van der Waals surface area contributed by atoms with E-state index < -0.39 is 0 Å². The maximum absolute atomic E-state index is 4.56. The minimum atomic E-state index is 0.171. The number of guanidine groups is 1. The molecule has 0 atom stereocenters. The molecule has 0 saturated heterocycles. The predicted octanol–water partition coefficient (Wildman–Crippen LogP) is 0.458. The number of aromatic nitrogens is 3.